The van der Waals surface area contributed by atoms with Crippen LogP contribution in [0.4, 0.5) is 5.69 Å². The predicted molar refractivity (Wildman–Crippen MR) is 86.0 cm³/mol. The molecule has 110 valence electrons. The fourth-order valence-electron chi connectivity index (χ4n) is 1.62. The van der Waals surface area contributed by atoms with Crippen LogP contribution in [0.15, 0.2) is 59.5 Å². The Hall–Kier alpha value is -2.12. The number of thiocarbonyl (C=S) groups is 1. The highest BCUT2D eigenvalue weighted by molar-refractivity contribution is 7.92. The first-order valence-electron chi connectivity index (χ1n) is 6.06. The number of hydrogen-bond donors (Lipinski definition) is 2. The molecule has 2 aromatic carbocycles. The lowest BCUT2D eigenvalue weighted by molar-refractivity contribution is 0.378. The van der Waals surface area contributed by atoms with Gasteiger partial charge in [0.15, 0.2) is 0 Å². The number of ether oxygens (including phenoxy) is 1. The maximum absolute atomic E-state index is 12.2. The fraction of sp³-hybridized carbons (Fsp3) is 0.0714. The zero-order valence-electron chi connectivity index (χ0n) is 11.0. The fourth-order valence-corrected chi connectivity index (χ4v) is 2.75. The van der Waals surface area contributed by atoms with E-state index >= 15 is 0 Å². The SMILES string of the molecule is NC(=S)COc1cccc(NS(=O)(=O)c2ccccc2)c1. The van der Waals surface area contributed by atoms with E-state index in [0.717, 1.165) is 0 Å². The molecule has 0 saturated carbocycles. The molecule has 0 bridgehead atoms. The van der Waals surface area contributed by atoms with Gasteiger partial charge in [-0.05, 0) is 24.3 Å². The maximum Gasteiger partial charge on any atom is 0.261 e. The molecule has 0 atom stereocenters. The minimum Gasteiger partial charge on any atom is -0.486 e. The van der Waals surface area contributed by atoms with E-state index in [1.165, 1.54) is 12.1 Å². The number of hydrogen-bond acceptors (Lipinski definition) is 4. The molecule has 2 aromatic rings. The first kappa shape index (κ1) is 15.3. The lowest BCUT2D eigenvalue weighted by Gasteiger charge is -2.10. The van der Waals surface area contributed by atoms with Gasteiger partial charge >= 0.3 is 0 Å². The van der Waals surface area contributed by atoms with E-state index in [4.69, 9.17) is 22.7 Å². The summed E-state index contributed by atoms with van der Waals surface area (Å²) >= 11 is 4.72. The number of nitrogens with one attached hydrogen (secondary N) is 1. The normalized spacial score (nSPS) is 10.9. The summed E-state index contributed by atoms with van der Waals surface area (Å²) in [6.45, 7) is 0.101. The summed E-state index contributed by atoms with van der Waals surface area (Å²) in [4.78, 5) is 0.421. The number of rotatable bonds is 6. The van der Waals surface area contributed by atoms with Crippen molar-refractivity contribution in [3.63, 3.8) is 0 Å². The predicted octanol–water partition coefficient (Wildman–Crippen LogP) is 2.15. The van der Waals surface area contributed by atoms with Gasteiger partial charge in [0.2, 0.25) is 0 Å². The van der Waals surface area contributed by atoms with Gasteiger partial charge in [-0.2, -0.15) is 0 Å². The van der Waals surface area contributed by atoms with Gasteiger partial charge in [-0.25, -0.2) is 8.42 Å². The van der Waals surface area contributed by atoms with Crippen LogP contribution < -0.4 is 15.2 Å². The van der Waals surface area contributed by atoms with Gasteiger partial charge in [-0.1, -0.05) is 36.5 Å². The average Bonchev–Trinajstić information content (AvgIpc) is 2.46. The summed E-state index contributed by atoms with van der Waals surface area (Å²) in [6.07, 6.45) is 0. The van der Waals surface area contributed by atoms with Gasteiger partial charge in [0.05, 0.1) is 10.6 Å². The van der Waals surface area contributed by atoms with E-state index < -0.39 is 10.0 Å². The third-order valence-corrected chi connectivity index (χ3v) is 4.04. The minimum atomic E-state index is -3.62. The molecular formula is C14H14N2O3S2. The molecule has 5 nitrogen and oxygen atoms in total. The molecule has 0 amide bonds. The van der Waals surface area contributed by atoms with Gasteiger partial charge in [0.1, 0.15) is 17.3 Å². The quantitative estimate of drug-likeness (QED) is 0.797. The second-order valence-electron chi connectivity index (χ2n) is 4.20. The van der Waals surface area contributed by atoms with Crippen LogP contribution in [-0.2, 0) is 10.0 Å². The highest BCUT2D eigenvalue weighted by atomic mass is 32.2. The minimum absolute atomic E-state index is 0.101. The molecule has 7 heteroatoms. The third kappa shape index (κ3) is 4.44. The molecule has 0 fully saturated rings. The van der Waals surface area contributed by atoms with Crippen LogP contribution in [0.3, 0.4) is 0 Å². The molecule has 0 aromatic heterocycles. The van der Waals surface area contributed by atoms with E-state index in [1.54, 1.807) is 42.5 Å². The first-order chi connectivity index (χ1) is 9.97. The highest BCUT2D eigenvalue weighted by Gasteiger charge is 2.13. The molecule has 0 heterocycles. The summed E-state index contributed by atoms with van der Waals surface area (Å²) in [5.74, 6) is 0.482. The summed E-state index contributed by atoms with van der Waals surface area (Å²) in [6, 6.07) is 14.7. The Morgan fingerprint density at radius 3 is 2.52 bits per heavy atom. The van der Waals surface area contributed by atoms with Crippen LogP contribution in [0, 0.1) is 0 Å². The van der Waals surface area contributed by atoms with Gasteiger partial charge < -0.3 is 10.5 Å². The topological polar surface area (TPSA) is 81.4 Å². The largest absolute Gasteiger partial charge is 0.486 e. The Labute approximate surface area is 128 Å². The Morgan fingerprint density at radius 2 is 1.86 bits per heavy atom. The molecule has 0 saturated heterocycles. The molecule has 0 aliphatic carbocycles. The number of nitrogens with two attached hydrogens (primary N) is 1. The smallest absolute Gasteiger partial charge is 0.261 e. The van der Waals surface area contributed by atoms with Crippen LogP contribution in [0.25, 0.3) is 0 Å². The number of sulfonamides is 1. The van der Waals surface area contributed by atoms with Crippen molar-refractivity contribution in [2.75, 3.05) is 11.3 Å². The second kappa shape index (κ2) is 6.55. The zero-order valence-corrected chi connectivity index (χ0v) is 12.7. The Morgan fingerprint density at radius 1 is 1.14 bits per heavy atom. The van der Waals surface area contributed by atoms with E-state index in [-0.39, 0.29) is 16.5 Å². The molecule has 0 aliphatic heterocycles. The summed E-state index contributed by atoms with van der Waals surface area (Å²) in [5.41, 5.74) is 5.75. The van der Waals surface area contributed by atoms with Gasteiger partial charge in [0, 0.05) is 6.07 Å². The van der Waals surface area contributed by atoms with Gasteiger partial charge in [-0.15, -0.1) is 0 Å². The Bertz CT molecular complexity index is 731. The molecule has 21 heavy (non-hydrogen) atoms. The van der Waals surface area contributed by atoms with Crippen LogP contribution in [0.2, 0.25) is 0 Å². The van der Waals surface area contributed by atoms with Crippen LogP contribution in [0.1, 0.15) is 0 Å². The highest BCUT2D eigenvalue weighted by Crippen LogP contribution is 2.20. The van der Waals surface area contributed by atoms with E-state index in [2.05, 4.69) is 4.72 Å². The van der Waals surface area contributed by atoms with Crippen LogP contribution in [-0.4, -0.2) is 20.0 Å². The van der Waals surface area contributed by atoms with Crippen molar-refractivity contribution in [3.05, 3.63) is 54.6 Å². The third-order valence-electron chi connectivity index (χ3n) is 2.52. The van der Waals surface area contributed by atoms with E-state index in [0.29, 0.717) is 11.4 Å². The van der Waals surface area contributed by atoms with Gasteiger partial charge in [-0.3, -0.25) is 4.72 Å². The van der Waals surface area contributed by atoms with Crippen molar-refractivity contribution in [1.82, 2.24) is 0 Å². The molecule has 3 N–H and O–H groups in total. The molecule has 0 radical (unpaired) electrons. The van der Waals surface area contributed by atoms with Crippen molar-refractivity contribution < 1.29 is 13.2 Å². The maximum atomic E-state index is 12.2. The molecule has 2 rings (SSSR count). The standard InChI is InChI=1S/C14H14N2O3S2/c15-14(20)10-19-12-6-4-5-11(9-12)16-21(17,18)13-7-2-1-3-8-13/h1-9,16H,10H2,(H2,15,20). The monoisotopic (exact) mass is 322 g/mol. The van der Waals surface area contributed by atoms with Crippen molar-refractivity contribution in [2.45, 2.75) is 4.90 Å². The number of benzene rings is 2. The van der Waals surface area contributed by atoms with Crippen molar-refractivity contribution >= 4 is 32.9 Å². The van der Waals surface area contributed by atoms with Crippen LogP contribution >= 0.6 is 12.2 Å². The van der Waals surface area contributed by atoms with Crippen molar-refractivity contribution in [1.29, 1.82) is 0 Å². The molecule has 0 spiro atoms. The zero-order chi connectivity index (χ0) is 15.3. The second-order valence-corrected chi connectivity index (χ2v) is 6.41. The Balaban J connectivity index is 2.16. The average molecular weight is 322 g/mol. The van der Waals surface area contributed by atoms with E-state index in [1.807, 2.05) is 0 Å². The molecule has 0 unspecified atom stereocenters. The lowest BCUT2D eigenvalue weighted by Crippen LogP contribution is -2.18. The van der Waals surface area contributed by atoms with Gasteiger partial charge in [0.25, 0.3) is 10.0 Å². The molecular weight excluding hydrogens is 308 g/mol. The first-order valence-corrected chi connectivity index (χ1v) is 7.95. The van der Waals surface area contributed by atoms with Crippen molar-refractivity contribution in [2.24, 2.45) is 5.73 Å². The summed E-state index contributed by atoms with van der Waals surface area (Å²) in [7, 11) is -3.62. The Kier molecular flexibility index (Phi) is 4.77. The molecule has 0 aliphatic rings. The summed E-state index contributed by atoms with van der Waals surface area (Å²) < 4.78 is 32.2. The van der Waals surface area contributed by atoms with E-state index in [9.17, 15) is 8.42 Å². The lowest BCUT2D eigenvalue weighted by atomic mass is 10.3. The summed E-state index contributed by atoms with van der Waals surface area (Å²) in [5, 5.41) is 0. The van der Waals surface area contributed by atoms with Crippen molar-refractivity contribution in [3.8, 4) is 5.75 Å². The number of anilines is 1. The van der Waals surface area contributed by atoms with Crippen LogP contribution in [0.5, 0.6) is 5.75 Å².